The topological polar surface area (TPSA) is 126 Å². The van der Waals surface area contributed by atoms with Gasteiger partial charge in [0.15, 0.2) is 5.82 Å². The largest absolute Gasteiger partial charge is 0.506 e. The number of rotatable bonds is 6. The Kier molecular flexibility index (Phi) is 6.03. The van der Waals surface area contributed by atoms with Gasteiger partial charge < -0.3 is 10.4 Å². The van der Waals surface area contributed by atoms with Crippen molar-refractivity contribution in [1.82, 2.24) is 14.8 Å². The van der Waals surface area contributed by atoms with E-state index in [4.69, 9.17) is 11.6 Å². The number of carbonyl (C=O) groups is 1. The van der Waals surface area contributed by atoms with Gasteiger partial charge in [-0.15, -0.1) is 0 Å². The Morgan fingerprint density at radius 1 is 1.09 bits per heavy atom. The lowest BCUT2D eigenvalue weighted by molar-refractivity contribution is 0.102. The van der Waals surface area contributed by atoms with Crippen LogP contribution in [0.4, 0.5) is 11.4 Å². The van der Waals surface area contributed by atoms with E-state index >= 15 is 0 Å². The molecule has 2 heterocycles. The fourth-order valence-electron chi connectivity index (χ4n) is 3.08. The molecule has 0 aliphatic rings. The molecule has 0 radical (unpaired) electrons. The van der Waals surface area contributed by atoms with Gasteiger partial charge in [0.1, 0.15) is 5.75 Å². The smallest absolute Gasteiger partial charge is 0.261 e. The summed E-state index contributed by atoms with van der Waals surface area (Å²) in [6.07, 6.45) is 2.98. The zero-order valence-corrected chi connectivity index (χ0v) is 18.8. The van der Waals surface area contributed by atoms with Crippen LogP contribution in [0.5, 0.6) is 5.75 Å². The number of hydrogen-bond donors (Lipinski definition) is 3. The number of benzene rings is 2. The molecular formula is C22H18ClN5O4S. The van der Waals surface area contributed by atoms with Crippen LogP contribution in [0.25, 0.3) is 5.82 Å². The predicted molar refractivity (Wildman–Crippen MR) is 124 cm³/mol. The summed E-state index contributed by atoms with van der Waals surface area (Å²) >= 11 is 5.91. The van der Waals surface area contributed by atoms with Crippen molar-refractivity contribution >= 4 is 38.9 Å². The van der Waals surface area contributed by atoms with Crippen LogP contribution in [0.1, 0.15) is 16.1 Å². The number of nitrogens with zero attached hydrogens (tertiary/aromatic N) is 3. The van der Waals surface area contributed by atoms with Crippen LogP contribution >= 0.6 is 11.6 Å². The lowest BCUT2D eigenvalue weighted by Gasteiger charge is -2.12. The summed E-state index contributed by atoms with van der Waals surface area (Å²) < 4.78 is 29.5. The number of aromatic hydroxyl groups is 1. The van der Waals surface area contributed by atoms with Crippen molar-refractivity contribution in [3.05, 3.63) is 89.3 Å². The van der Waals surface area contributed by atoms with Crippen molar-refractivity contribution in [3.8, 4) is 11.6 Å². The van der Waals surface area contributed by atoms with Crippen LogP contribution in [-0.2, 0) is 10.0 Å². The first-order valence-corrected chi connectivity index (χ1v) is 11.5. The summed E-state index contributed by atoms with van der Waals surface area (Å²) in [6, 6.07) is 15.1. The molecule has 0 spiro atoms. The van der Waals surface area contributed by atoms with E-state index < -0.39 is 15.9 Å². The zero-order valence-electron chi connectivity index (χ0n) is 17.2. The molecule has 168 valence electrons. The lowest BCUT2D eigenvalue weighted by Crippen LogP contribution is -2.16. The van der Waals surface area contributed by atoms with Gasteiger partial charge in [0.25, 0.3) is 15.9 Å². The highest BCUT2D eigenvalue weighted by Crippen LogP contribution is 2.29. The normalized spacial score (nSPS) is 11.2. The van der Waals surface area contributed by atoms with Gasteiger partial charge in [0.05, 0.1) is 33.7 Å². The molecule has 0 bridgehead atoms. The zero-order chi connectivity index (χ0) is 23.6. The van der Waals surface area contributed by atoms with Gasteiger partial charge in [-0.25, -0.2) is 18.1 Å². The van der Waals surface area contributed by atoms with Crippen LogP contribution in [0.15, 0.2) is 78.0 Å². The van der Waals surface area contributed by atoms with Crippen LogP contribution in [-0.4, -0.2) is 34.2 Å². The maximum absolute atomic E-state index is 12.8. The average Bonchev–Trinajstić information content (AvgIpc) is 3.17. The van der Waals surface area contributed by atoms with E-state index in [1.54, 1.807) is 49.5 Å². The first kappa shape index (κ1) is 22.3. The molecular weight excluding hydrogens is 466 g/mol. The number of amides is 1. The SMILES string of the molecule is Cc1c(C(=O)Nc2cc(S(=O)(=O)Nc3cccc(Cl)c3)ccc2O)cnn1-c1ccccn1. The van der Waals surface area contributed by atoms with Crippen molar-refractivity contribution < 1.29 is 18.3 Å². The summed E-state index contributed by atoms with van der Waals surface area (Å²) in [7, 11) is -4.01. The monoisotopic (exact) mass is 483 g/mol. The van der Waals surface area contributed by atoms with E-state index in [2.05, 4.69) is 20.1 Å². The molecule has 0 fully saturated rings. The third-order valence-electron chi connectivity index (χ3n) is 4.72. The molecule has 33 heavy (non-hydrogen) atoms. The highest BCUT2D eigenvalue weighted by molar-refractivity contribution is 7.92. The van der Waals surface area contributed by atoms with Gasteiger partial charge in [0.2, 0.25) is 0 Å². The molecule has 9 nitrogen and oxygen atoms in total. The summed E-state index contributed by atoms with van der Waals surface area (Å²) in [5, 5.41) is 17.3. The van der Waals surface area contributed by atoms with Crippen molar-refractivity contribution in [2.45, 2.75) is 11.8 Å². The van der Waals surface area contributed by atoms with E-state index in [9.17, 15) is 18.3 Å². The molecule has 3 N–H and O–H groups in total. The summed E-state index contributed by atoms with van der Waals surface area (Å²) in [5.41, 5.74) is 0.972. The minimum absolute atomic E-state index is 0.0704. The highest BCUT2D eigenvalue weighted by atomic mass is 35.5. The molecule has 0 saturated heterocycles. The Hall–Kier alpha value is -3.89. The number of phenols is 1. The van der Waals surface area contributed by atoms with Crippen molar-refractivity contribution in [2.24, 2.45) is 0 Å². The Labute approximate surface area is 194 Å². The van der Waals surface area contributed by atoms with Crippen LogP contribution in [0, 0.1) is 6.92 Å². The Balaban J connectivity index is 1.59. The molecule has 0 aliphatic carbocycles. The number of hydrogen-bond acceptors (Lipinski definition) is 6. The molecule has 4 rings (SSSR count). The average molecular weight is 484 g/mol. The fourth-order valence-corrected chi connectivity index (χ4v) is 4.35. The Bertz CT molecular complexity index is 1440. The van der Waals surface area contributed by atoms with E-state index in [1.165, 1.54) is 35.1 Å². The first-order chi connectivity index (χ1) is 15.7. The quantitative estimate of drug-likeness (QED) is 0.356. The summed E-state index contributed by atoms with van der Waals surface area (Å²) in [5.74, 6) is -0.320. The van der Waals surface area contributed by atoms with Gasteiger partial charge in [0, 0.05) is 11.2 Å². The third-order valence-corrected chi connectivity index (χ3v) is 6.34. The molecule has 2 aromatic heterocycles. The molecule has 0 atom stereocenters. The molecule has 11 heteroatoms. The number of phenolic OH excluding ortho intramolecular Hbond substituents is 1. The number of pyridine rings is 1. The summed E-state index contributed by atoms with van der Waals surface area (Å²) in [4.78, 5) is 16.9. The molecule has 2 aromatic carbocycles. The highest BCUT2D eigenvalue weighted by Gasteiger charge is 2.20. The number of aromatic nitrogens is 3. The maximum Gasteiger partial charge on any atom is 0.261 e. The molecule has 0 unspecified atom stereocenters. The third kappa shape index (κ3) is 4.81. The Morgan fingerprint density at radius 2 is 1.91 bits per heavy atom. The lowest BCUT2D eigenvalue weighted by atomic mass is 10.2. The second-order valence-electron chi connectivity index (χ2n) is 6.99. The van der Waals surface area contributed by atoms with Gasteiger partial charge in [-0.3, -0.25) is 9.52 Å². The van der Waals surface area contributed by atoms with Gasteiger partial charge in [-0.1, -0.05) is 23.7 Å². The number of nitrogens with one attached hydrogen (secondary N) is 2. The molecule has 0 aliphatic heterocycles. The van der Waals surface area contributed by atoms with Crippen molar-refractivity contribution in [3.63, 3.8) is 0 Å². The fraction of sp³-hybridized carbons (Fsp3) is 0.0455. The van der Waals surface area contributed by atoms with Gasteiger partial charge >= 0.3 is 0 Å². The van der Waals surface area contributed by atoms with E-state index in [-0.39, 0.29) is 27.6 Å². The van der Waals surface area contributed by atoms with E-state index in [0.29, 0.717) is 16.5 Å². The second-order valence-corrected chi connectivity index (χ2v) is 9.11. The van der Waals surface area contributed by atoms with Crippen LogP contribution < -0.4 is 10.0 Å². The van der Waals surface area contributed by atoms with Gasteiger partial charge in [-0.05, 0) is 55.5 Å². The second kappa shape index (κ2) is 8.93. The Morgan fingerprint density at radius 3 is 2.64 bits per heavy atom. The number of carbonyl (C=O) groups excluding carboxylic acids is 1. The minimum atomic E-state index is -4.01. The van der Waals surface area contributed by atoms with E-state index in [0.717, 1.165) is 0 Å². The molecule has 4 aromatic rings. The molecule has 0 saturated carbocycles. The van der Waals surface area contributed by atoms with Crippen molar-refractivity contribution in [2.75, 3.05) is 10.0 Å². The van der Waals surface area contributed by atoms with Crippen LogP contribution in [0.3, 0.4) is 0 Å². The van der Waals surface area contributed by atoms with Crippen molar-refractivity contribution in [1.29, 1.82) is 0 Å². The minimum Gasteiger partial charge on any atom is -0.506 e. The number of anilines is 2. The summed E-state index contributed by atoms with van der Waals surface area (Å²) in [6.45, 7) is 1.70. The predicted octanol–water partition coefficient (Wildman–Crippen LogP) is 3.99. The maximum atomic E-state index is 12.8. The van der Waals surface area contributed by atoms with Crippen LogP contribution in [0.2, 0.25) is 5.02 Å². The van der Waals surface area contributed by atoms with Gasteiger partial charge in [-0.2, -0.15) is 5.10 Å². The molecule has 1 amide bonds. The first-order valence-electron chi connectivity index (χ1n) is 9.63. The number of sulfonamides is 1. The van der Waals surface area contributed by atoms with E-state index in [1.807, 2.05) is 0 Å². The number of halogens is 1. The standard InChI is InChI=1S/C22H18ClN5O4S/c1-14-18(13-25-28(14)21-7-2-3-10-24-21)22(30)26-19-12-17(8-9-20(19)29)33(31,32)27-16-6-4-5-15(23)11-16/h2-13,27,29H,1H3,(H,26,30).